The Morgan fingerprint density at radius 1 is 0.371 bits per heavy atom. The third kappa shape index (κ3) is 5.80. The molecule has 0 radical (unpaired) electrons. The Morgan fingerprint density at radius 3 is 1.67 bits per heavy atom. The Morgan fingerprint density at radius 2 is 0.929 bits per heavy atom. The molecular formula is C68H47NO. The molecule has 0 amide bonds. The molecule has 12 aromatic rings. The molecule has 11 aromatic carbocycles. The van der Waals surface area contributed by atoms with Crippen molar-refractivity contribution in [2.75, 3.05) is 4.90 Å². The molecular weight excluding hydrogens is 847 g/mol. The highest BCUT2D eigenvalue weighted by atomic mass is 16.3. The summed E-state index contributed by atoms with van der Waals surface area (Å²) in [5.41, 5.74) is 21.7. The fourth-order valence-corrected chi connectivity index (χ4v) is 12.4. The van der Waals surface area contributed by atoms with Crippen molar-refractivity contribution >= 4 is 49.8 Å². The Hall–Kier alpha value is -8.72. The largest absolute Gasteiger partial charge is 0.455 e. The van der Waals surface area contributed by atoms with E-state index in [0.717, 1.165) is 50.1 Å². The van der Waals surface area contributed by atoms with Crippen molar-refractivity contribution in [3.63, 3.8) is 0 Å². The molecule has 0 N–H and O–H groups in total. The zero-order valence-electron chi connectivity index (χ0n) is 39.0. The van der Waals surface area contributed by atoms with Gasteiger partial charge in [-0.3, -0.25) is 0 Å². The maximum atomic E-state index is 7.26. The van der Waals surface area contributed by atoms with Crippen LogP contribution in [0, 0.1) is 0 Å². The molecule has 2 heteroatoms. The van der Waals surface area contributed by atoms with Gasteiger partial charge in [-0.25, -0.2) is 0 Å². The van der Waals surface area contributed by atoms with Gasteiger partial charge in [-0.1, -0.05) is 214 Å². The van der Waals surface area contributed by atoms with Gasteiger partial charge in [-0.05, 0) is 132 Å². The number of hydrogen-bond acceptors (Lipinski definition) is 2. The van der Waals surface area contributed by atoms with E-state index in [9.17, 15) is 0 Å². The zero-order chi connectivity index (χ0) is 46.6. The average Bonchev–Trinajstić information content (AvgIpc) is 4.02. The molecule has 2 nitrogen and oxygen atoms in total. The Kier molecular flexibility index (Phi) is 8.88. The van der Waals surface area contributed by atoms with Gasteiger partial charge in [0.1, 0.15) is 11.2 Å². The van der Waals surface area contributed by atoms with Crippen LogP contribution in [0.2, 0.25) is 0 Å². The average molecular weight is 894 g/mol. The number of nitrogens with zero attached hydrogens (tertiary/aromatic N) is 1. The maximum Gasteiger partial charge on any atom is 0.143 e. The van der Waals surface area contributed by atoms with Gasteiger partial charge >= 0.3 is 0 Å². The zero-order valence-corrected chi connectivity index (χ0v) is 39.0. The minimum absolute atomic E-state index is 0.140. The van der Waals surface area contributed by atoms with Gasteiger partial charge in [0.05, 0.1) is 16.5 Å². The standard InChI is InChI=1S/C68H47NO/c1-67(2)58-29-16-14-27-53(58)55-39-35-47(42-60(55)67)64-52-26-13-12-21-46(52)41-57-65-62(31-18-32-63(65)70-66(57)64)69(50-36-33-45(34-37-50)44-19-6-3-7-20-44)51-38-40-56-54-28-15-17-30-59(54)68(61(56)43-51,48-22-8-4-9-23-48)49-24-10-5-11-25-49/h3-43H,1-2H3. The van der Waals surface area contributed by atoms with E-state index in [1.54, 1.807) is 0 Å². The van der Waals surface area contributed by atoms with Crippen LogP contribution >= 0.6 is 0 Å². The highest BCUT2D eigenvalue weighted by Gasteiger charge is 2.46. The molecule has 330 valence electrons. The lowest BCUT2D eigenvalue weighted by molar-refractivity contribution is 0.660. The maximum absolute atomic E-state index is 7.26. The molecule has 0 saturated heterocycles. The molecule has 0 bridgehead atoms. The van der Waals surface area contributed by atoms with Crippen LogP contribution in [0.5, 0.6) is 0 Å². The first-order chi connectivity index (χ1) is 34.5. The molecule has 14 rings (SSSR count). The molecule has 1 heterocycles. The van der Waals surface area contributed by atoms with Crippen molar-refractivity contribution in [2.45, 2.75) is 24.7 Å². The predicted octanol–water partition coefficient (Wildman–Crippen LogP) is 18.2. The smallest absolute Gasteiger partial charge is 0.143 e. The van der Waals surface area contributed by atoms with Crippen LogP contribution in [0.1, 0.15) is 47.2 Å². The van der Waals surface area contributed by atoms with Crippen LogP contribution in [0.4, 0.5) is 17.1 Å². The van der Waals surface area contributed by atoms with Crippen molar-refractivity contribution in [1.82, 2.24) is 0 Å². The van der Waals surface area contributed by atoms with Crippen LogP contribution < -0.4 is 4.90 Å². The lowest BCUT2D eigenvalue weighted by Gasteiger charge is -2.35. The Bertz CT molecular complexity index is 3970. The number of hydrogen-bond donors (Lipinski definition) is 0. The highest BCUT2D eigenvalue weighted by Crippen LogP contribution is 2.58. The van der Waals surface area contributed by atoms with Crippen LogP contribution in [0.15, 0.2) is 253 Å². The van der Waals surface area contributed by atoms with Gasteiger partial charge in [0, 0.05) is 27.7 Å². The summed E-state index contributed by atoms with van der Waals surface area (Å²) < 4.78 is 7.26. The van der Waals surface area contributed by atoms with Crippen LogP contribution in [0.25, 0.3) is 77.2 Å². The summed E-state index contributed by atoms with van der Waals surface area (Å²) in [5.74, 6) is 0. The Balaban J connectivity index is 1.03. The molecule has 0 atom stereocenters. The number of anilines is 3. The predicted molar refractivity (Wildman–Crippen MR) is 292 cm³/mol. The second-order valence-electron chi connectivity index (χ2n) is 19.5. The van der Waals surface area contributed by atoms with E-state index in [1.807, 2.05) is 0 Å². The molecule has 70 heavy (non-hydrogen) atoms. The molecule has 0 spiro atoms. The third-order valence-corrected chi connectivity index (χ3v) is 15.5. The second-order valence-corrected chi connectivity index (χ2v) is 19.5. The van der Waals surface area contributed by atoms with E-state index in [4.69, 9.17) is 4.42 Å². The molecule has 0 aliphatic heterocycles. The van der Waals surface area contributed by atoms with Crippen molar-refractivity contribution in [3.05, 3.63) is 282 Å². The first-order valence-corrected chi connectivity index (χ1v) is 24.4. The topological polar surface area (TPSA) is 16.4 Å². The number of benzene rings is 11. The summed E-state index contributed by atoms with van der Waals surface area (Å²) in [6.45, 7) is 4.71. The van der Waals surface area contributed by atoms with Crippen molar-refractivity contribution in [1.29, 1.82) is 0 Å². The number of rotatable bonds is 7. The van der Waals surface area contributed by atoms with Crippen LogP contribution in [0.3, 0.4) is 0 Å². The summed E-state index contributed by atoms with van der Waals surface area (Å²) in [5, 5.41) is 4.51. The van der Waals surface area contributed by atoms with Gasteiger partial charge in [0.2, 0.25) is 0 Å². The van der Waals surface area contributed by atoms with E-state index >= 15 is 0 Å². The number of fused-ring (bicyclic) bond motifs is 10. The van der Waals surface area contributed by atoms with Crippen LogP contribution in [-0.4, -0.2) is 0 Å². The van der Waals surface area contributed by atoms with Gasteiger partial charge in [-0.15, -0.1) is 0 Å². The van der Waals surface area contributed by atoms with E-state index in [1.165, 1.54) is 77.5 Å². The fraction of sp³-hybridized carbons (Fsp3) is 0.0588. The van der Waals surface area contributed by atoms with Crippen molar-refractivity contribution in [3.8, 4) is 44.5 Å². The summed E-state index contributed by atoms with van der Waals surface area (Å²) in [4.78, 5) is 2.46. The lowest BCUT2D eigenvalue weighted by Crippen LogP contribution is -2.28. The molecule has 2 aliphatic rings. The number of furan rings is 1. The van der Waals surface area contributed by atoms with E-state index in [0.29, 0.717) is 0 Å². The summed E-state index contributed by atoms with van der Waals surface area (Å²) in [7, 11) is 0. The van der Waals surface area contributed by atoms with E-state index < -0.39 is 5.41 Å². The fourth-order valence-electron chi connectivity index (χ4n) is 12.4. The lowest BCUT2D eigenvalue weighted by atomic mass is 9.67. The van der Waals surface area contributed by atoms with Crippen molar-refractivity contribution in [2.24, 2.45) is 0 Å². The van der Waals surface area contributed by atoms with Gasteiger partial charge in [0.15, 0.2) is 0 Å². The molecule has 0 unspecified atom stereocenters. The van der Waals surface area contributed by atoms with E-state index in [2.05, 4.69) is 267 Å². The summed E-state index contributed by atoms with van der Waals surface area (Å²) >= 11 is 0. The molecule has 0 saturated carbocycles. The highest BCUT2D eigenvalue weighted by molar-refractivity contribution is 6.22. The van der Waals surface area contributed by atoms with Crippen LogP contribution in [-0.2, 0) is 10.8 Å². The minimum Gasteiger partial charge on any atom is -0.455 e. The third-order valence-electron chi connectivity index (χ3n) is 15.5. The van der Waals surface area contributed by atoms with Crippen molar-refractivity contribution < 1.29 is 4.42 Å². The monoisotopic (exact) mass is 893 g/mol. The normalized spacial score (nSPS) is 13.8. The van der Waals surface area contributed by atoms with Gasteiger partial charge in [0.25, 0.3) is 0 Å². The summed E-state index contributed by atoms with van der Waals surface area (Å²) in [6.07, 6.45) is 0. The van der Waals surface area contributed by atoms with Gasteiger partial charge < -0.3 is 9.32 Å². The SMILES string of the molecule is CC1(C)c2ccccc2-c2ccc(-c3c4ccccc4cc4c3oc3cccc(N(c5ccc(-c6ccccc6)cc5)c5ccc6c(c5)C(c5ccccc5)(c5ccccc5)c5ccccc5-6)c34)cc21. The van der Waals surface area contributed by atoms with E-state index in [-0.39, 0.29) is 5.41 Å². The quantitative estimate of drug-likeness (QED) is 0.158. The molecule has 1 aromatic heterocycles. The molecule has 0 fully saturated rings. The summed E-state index contributed by atoms with van der Waals surface area (Å²) in [6, 6.07) is 91.6. The van der Waals surface area contributed by atoms with Gasteiger partial charge in [-0.2, -0.15) is 0 Å². The Labute approximate surface area is 408 Å². The molecule has 2 aliphatic carbocycles. The first kappa shape index (κ1) is 40.4. The second kappa shape index (κ2) is 15.4. The first-order valence-electron chi connectivity index (χ1n) is 24.4. The minimum atomic E-state index is -0.554.